The Morgan fingerprint density at radius 2 is 2.25 bits per heavy atom. The predicted molar refractivity (Wildman–Crippen MR) is 75.4 cm³/mol. The van der Waals surface area contributed by atoms with Gasteiger partial charge in [-0.1, -0.05) is 6.92 Å². The van der Waals surface area contributed by atoms with E-state index in [0.29, 0.717) is 18.5 Å². The molecule has 0 aromatic carbocycles. The Balaban J connectivity index is 1.87. The smallest absolute Gasteiger partial charge is 0.253 e. The van der Waals surface area contributed by atoms with Crippen molar-refractivity contribution in [3.05, 3.63) is 41.2 Å². The maximum atomic E-state index is 12.1. The van der Waals surface area contributed by atoms with Crippen LogP contribution in [-0.4, -0.2) is 32.6 Å². The van der Waals surface area contributed by atoms with Crippen LogP contribution >= 0.6 is 0 Å². The molecule has 0 atom stereocenters. The number of hydrogen-bond acceptors (Lipinski definition) is 4. The van der Waals surface area contributed by atoms with Crippen molar-refractivity contribution in [1.82, 2.24) is 25.5 Å². The number of carbonyl (C=O) groups excluding carboxylic acids is 1. The molecule has 0 aliphatic rings. The molecule has 2 aromatic rings. The third kappa shape index (κ3) is 3.63. The summed E-state index contributed by atoms with van der Waals surface area (Å²) in [4.78, 5) is 19.3. The minimum Gasteiger partial charge on any atom is -0.352 e. The summed E-state index contributed by atoms with van der Waals surface area (Å²) in [7, 11) is 0. The van der Waals surface area contributed by atoms with E-state index >= 15 is 0 Å². The second-order valence-electron chi connectivity index (χ2n) is 4.59. The van der Waals surface area contributed by atoms with E-state index < -0.39 is 0 Å². The minimum absolute atomic E-state index is 0.0840. The Labute approximate surface area is 118 Å². The fourth-order valence-corrected chi connectivity index (χ4v) is 1.96. The van der Waals surface area contributed by atoms with Crippen molar-refractivity contribution in [1.29, 1.82) is 0 Å². The number of nitrogens with one attached hydrogen (secondary N) is 2. The number of aromatic amines is 1. The van der Waals surface area contributed by atoms with E-state index in [4.69, 9.17) is 0 Å². The van der Waals surface area contributed by atoms with Gasteiger partial charge in [0.2, 0.25) is 0 Å². The normalized spacial score (nSPS) is 10.5. The van der Waals surface area contributed by atoms with Crippen LogP contribution in [0.4, 0.5) is 0 Å². The van der Waals surface area contributed by atoms with Crippen LogP contribution in [0.15, 0.2) is 18.5 Å². The number of imidazole rings is 1. The number of carbonyl (C=O) groups is 1. The minimum atomic E-state index is -0.0840. The molecule has 0 aliphatic heterocycles. The largest absolute Gasteiger partial charge is 0.352 e. The van der Waals surface area contributed by atoms with Crippen LogP contribution < -0.4 is 5.32 Å². The summed E-state index contributed by atoms with van der Waals surface area (Å²) < 4.78 is 0. The van der Waals surface area contributed by atoms with Crippen molar-refractivity contribution in [3.63, 3.8) is 0 Å². The Kier molecular flexibility index (Phi) is 4.81. The van der Waals surface area contributed by atoms with E-state index in [1.165, 1.54) is 0 Å². The van der Waals surface area contributed by atoms with Gasteiger partial charge in [-0.05, 0) is 25.8 Å². The maximum Gasteiger partial charge on any atom is 0.253 e. The highest BCUT2D eigenvalue weighted by Crippen LogP contribution is 2.07. The molecule has 106 valence electrons. The summed E-state index contributed by atoms with van der Waals surface area (Å²) in [5.41, 5.74) is 2.11. The molecule has 2 heterocycles. The second kappa shape index (κ2) is 6.79. The third-order valence-electron chi connectivity index (χ3n) is 3.00. The molecule has 0 saturated heterocycles. The van der Waals surface area contributed by atoms with Crippen LogP contribution in [0.3, 0.4) is 0 Å². The summed E-state index contributed by atoms with van der Waals surface area (Å²) in [6.45, 7) is 4.41. The fraction of sp³-hybridized carbons (Fsp3) is 0.429. The molecule has 2 aromatic heterocycles. The molecule has 2 rings (SSSR count). The van der Waals surface area contributed by atoms with Gasteiger partial charge in [-0.25, -0.2) is 4.98 Å². The number of aryl methyl sites for hydroxylation is 3. The first kappa shape index (κ1) is 14.2. The number of amides is 1. The summed E-state index contributed by atoms with van der Waals surface area (Å²) in [6.07, 6.45) is 5.89. The van der Waals surface area contributed by atoms with Crippen LogP contribution in [0.5, 0.6) is 0 Å². The van der Waals surface area contributed by atoms with Gasteiger partial charge in [0, 0.05) is 25.4 Å². The van der Waals surface area contributed by atoms with Crippen LogP contribution in [-0.2, 0) is 12.8 Å². The Bertz CT molecular complexity index is 565. The van der Waals surface area contributed by atoms with Crippen molar-refractivity contribution in [2.75, 3.05) is 6.54 Å². The van der Waals surface area contributed by atoms with E-state index in [-0.39, 0.29) is 5.91 Å². The molecule has 2 N–H and O–H groups in total. The van der Waals surface area contributed by atoms with E-state index in [2.05, 4.69) is 25.5 Å². The first-order valence-corrected chi connectivity index (χ1v) is 6.80. The lowest BCUT2D eigenvalue weighted by atomic mass is 10.1. The lowest BCUT2D eigenvalue weighted by Crippen LogP contribution is -2.26. The highest BCUT2D eigenvalue weighted by Gasteiger charge is 2.12. The lowest BCUT2D eigenvalue weighted by molar-refractivity contribution is 0.0951. The molecule has 0 radical (unpaired) electrons. The molecule has 0 saturated carbocycles. The Morgan fingerprint density at radius 3 is 2.95 bits per heavy atom. The summed E-state index contributed by atoms with van der Waals surface area (Å²) >= 11 is 0. The highest BCUT2D eigenvalue weighted by molar-refractivity contribution is 5.95. The van der Waals surface area contributed by atoms with Gasteiger partial charge in [0.25, 0.3) is 5.91 Å². The average Bonchev–Trinajstić information content (AvgIpc) is 2.96. The van der Waals surface area contributed by atoms with Crippen LogP contribution in [0.2, 0.25) is 0 Å². The Hall–Kier alpha value is -2.24. The van der Waals surface area contributed by atoms with Crippen molar-refractivity contribution in [2.45, 2.75) is 33.1 Å². The molecular weight excluding hydrogens is 254 g/mol. The van der Waals surface area contributed by atoms with Crippen molar-refractivity contribution in [2.24, 2.45) is 0 Å². The molecule has 20 heavy (non-hydrogen) atoms. The zero-order chi connectivity index (χ0) is 14.4. The molecule has 0 spiro atoms. The molecule has 0 unspecified atom stereocenters. The van der Waals surface area contributed by atoms with Gasteiger partial charge in [-0.3, -0.25) is 4.79 Å². The summed E-state index contributed by atoms with van der Waals surface area (Å²) in [5.74, 6) is 0.856. The van der Waals surface area contributed by atoms with Gasteiger partial charge >= 0.3 is 0 Å². The van der Waals surface area contributed by atoms with Crippen LogP contribution in [0.25, 0.3) is 0 Å². The molecule has 0 aliphatic carbocycles. The number of rotatable bonds is 6. The van der Waals surface area contributed by atoms with Gasteiger partial charge < -0.3 is 10.3 Å². The van der Waals surface area contributed by atoms with Gasteiger partial charge in [0.15, 0.2) is 0 Å². The fourth-order valence-electron chi connectivity index (χ4n) is 1.96. The van der Waals surface area contributed by atoms with Gasteiger partial charge in [0.1, 0.15) is 5.82 Å². The molecular formula is C14H19N5O. The van der Waals surface area contributed by atoms with E-state index in [0.717, 1.165) is 30.1 Å². The van der Waals surface area contributed by atoms with Crippen LogP contribution in [0, 0.1) is 6.92 Å². The van der Waals surface area contributed by atoms with Crippen molar-refractivity contribution in [3.8, 4) is 0 Å². The highest BCUT2D eigenvalue weighted by atomic mass is 16.1. The third-order valence-corrected chi connectivity index (χ3v) is 3.00. The van der Waals surface area contributed by atoms with E-state index in [1.807, 2.05) is 13.8 Å². The van der Waals surface area contributed by atoms with Crippen molar-refractivity contribution < 1.29 is 4.79 Å². The molecule has 0 fully saturated rings. The lowest BCUT2D eigenvalue weighted by Gasteiger charge is -2.08. The SMILES string of the molecule is CCc1nnc(C)cc1C(=O)NCCCc1ncc[nH]1. The quantitative estimate of drug-likeness (QED) is 0.780. The first-order chi connectivity index (χ1) is 9.70. The second-order valence-corrected chi connectivity index (χ2v) is 4.59. The van der Waals surface area contributed by atoms with Crippen LogP contribution in [0.1, 0.15) is 40.9 Å². The Morgan fingerprint density at radius 1 is 1.40 bits per heavy atom. The monoisotopic (exact) mass is 273 g/mol. The first-order valence-electron chi connectivity index (χ1n) is 6.80. The van der Waals surface area contributed by atoms with E-state index in [9.17, 15) is 4.79 Å². The van der Waals surface area contributed by atoms with Gasteiger partial charge in [-0.15, -0.1) is 0 Å². The van der Waals surface area contributed by atoms with Crippen molar-refractivity contribution >= 4 is 5.91 Å². The standard InChI is InChI=1S/C14H19N5O/c1-3-12-11(9-10(2)18-19-12)14(20)17-6-4-5-13-15-7-8-16-13/h7-9H,3-6H2,1-2H3,(H,15,16)(H,17,20). The molecule has 0 bridgehead atoms. The number of H-pyrrole nitrogens is 1. The molecule has 6 heteroatoms. The predicted octanol–water partition coefficient (Wildman–Crippen LogP) is 1.43. The van der Waals surface area contributed by atoms with Gasteiger partial charge in [-0.2, -0.15) is 10.2 Å². The number of aromatic nitrogens is 4. The number of nitrogens with zero attached hydrogens (tertiary/aromatic N) is 3. The zero-order valence-electron chi connectivity index (χ0n) is 11.8. The maximum absolute atomic E-state index is 12.1. The van der Waals surface area contributed by atoms with Gasteiger partial charge in [0.05, 0.1) is 17.0 Å². The summed E-state index contributed by atoms with van der Waals surface area (Å²) in [6, 6.07) is 1.79. The zero-order valence-corrected chi connectivity index (χ0v) is 11.8. The average molecular weight is 273 g/mol. The molecule has 6 nitrogen and oxygen atoms in total. The topological polar surface area (TPSA) is 83.6 Å². The number of hydrogen-bond donors (Lipinski definition) is 2. The van der Waals surface area contributed by atoms with E-state index in [1.54, 1.807) is 18.5 Å². The molecule has 1 amide bonds. The summed E-state index contributed by atoms with van der Waals surface area (Å²) in [5, 5.41) is 11.0.